The number of sulfonamides is 1. The Morgan fingerprint density at radius 2 is 1.55 bits per heavy atom. The second kappa shape index (κ2) is 11.0. The lowest BCUT2D eigenvalue weighted by Gasteiger charge is -2.30. The quantitative estimate of drug-likeness (QED) is 0.451. The Hall–Kier alpha value is -2.66. The molecule has 1 heterocycles. The van der Waals surface area contributed by atoms with Crippen molar-refractivity contribution in [3.05, 3.63) is 64.1 Å². The number of nitrogens with one attached hydrogen (secondary N) is 2. The zero-order valence-electron chi connectivity index (χ0n) is 17.3. The summed E-state index contributed by atoms with van der Waals surface area (Å²) in [5.41, 5.74) is 4.75. The number of nitrogens with zero attached hydrogens (tertiary/aromatic N) is 1. The van der Waals surface area contributed by atoms with Gasteiger partial charge >= 0.3 is 5.97 Å². The molecule has 1 saturated heterocycles. The van der Waals surface area contributed by atoms with Crippen LogP contribution in [0.3, 0.4) is 0 Å². The Morgan fingerprint density at radius 3 is 2.15 bits per heavy atom. The van der Waals surface area contributed by atoms with Crippen molar-refractivity contribution >= 4 is 51.0 Å². The van der Waals surface area contributed by atoms with Crippen molar-refractivity contribution in [2.75, 3.05) is 19.7 Å². The first-order valence-corrected chi connectivity index (χ1v) is 12.1. The molecule has 2 N–H and O–H groups in total. The number of benzene rings is 2. The van der Waals surface area contributed by atoms with Crippen molar-refractivity contribution < 1.29 is 27.5 Å². The highest BCUT2D eigenvalue weighted by molar-refractivity contribution is 7.89. The largest absolute Gasteiger partial charge is 0.455 e. The smallest absolute Gasteiger partial charge is 0.309 e. The molecule has 0 spiro atoms. The number of hydrogen-bond acceptors (Lipinski definition) is 6. The summed E-state index contributed by atoms with van der Waals surface area (Å²) in [7, 11) is -3.92. The third-order valence-electron chi connectivity index (χ3n) is 5.00. The Labute approximate surface area is 201 Å². The lowest BCUT2D eigenvalue weighted by molar-refractivity contribution is -0.153. The molecule has 1 aliphatic rings. The van der Waals surface area contributed by atoms with Crippen molar-refractivity contribution in [3.63, 3.8) is 0 Å². The molecule has 2 amide bonds. The fourth-order valence-corrected chi connectivity index (χ4v) is 5.83. The summed E-state index contributed by atoms with van der Waals surface area (Å²) in [6, 6.07) is 12.7. The Bertz CT molecular complexity index is 1120. The molecule has 1 fully saturated rings. The Morgan fingerprint density at radius 1 is 0.939 bits per heavy atom. The van der Waals surface area contributed by atoms with Gasteiger partial charge in [-0.1, -0.05) is 47.5 Å². The molecule has 12 heteroatoms. The Kier molecular flexibility index (Phi) is 8.30. The lowest BCUT2D eigenvalue weighted by atomic mass is 9.98. The summed E-state index contributed by atoms with van der Waals surface area (Å²) in [4.78, 5) is 35.9. The van der Waals surface area contributed by atoms with E-state index in [2.05, 4.69) is 10.9 Å². The minimum Gasteiger partial charge on any atom is -0.455 e. The lowest BCUT2D eigenvalue weighted by Crippen LogP contribution is -2.44. The van der Waals surface area contributed by atoms with Crippen LogP contribution < -0.4 is 10.9 Å². The van der Waals surface area contributed by atoms with Gasteiger partial charge in [0.1, 0.15) is 4.90 Å². The fraction of sp³-hybridized carbons (Fsp3) is 0.286. The topological polar surface area (TPSA) is 122 Å². The van der Waals surface area contributed by atoms with Crippen LogP contribution in [0, 0.1) is 5.92 Å². The van der Waals surface area contributed by atoms with E-state index >= 15 is 0 Å². The summed E-state index contributed by atoms with van der Waals surface area (Å²) >= 11 is 12.1. The maximum absolute atomic E-state index is 12.9. The molecule has 9 nitrogen and oxygen atoms in total. The molecule has 3 rings (SSSR count). The third-order valence-corrected chi connectivity index (χ3v) is 7.86. The van der Waals surface area contributed by atoms with Crippen LogP contribution in [-0.4, -0.2) is 50.2 Å². The number of esters is 1. The number of halogens is 2. The molecule has 1 aliphatic heterocycles. The number of carbonyl (C=O) groups is 3. The SMILES string of the molecule is O=C(COC(=O)C1CCN(S(=O)(=O)c2c(Cl)cccc2Cl)CC1)NNC(=O)c1ccccc1. The van der Waals surface area contributed by atoms with E-state index in [1.165, 1.54) is 16.4 Å². The summed E-state index contributed by atoms with van der Waals surface area (Å²) in [6.45, 7) is -0.437. The van der Waals surface area contributed by atoms with Gasteiger partial charge in [0.2, 0.25) is 10.0 Å². The molecule has 2 aromatic carbocycles. The first kappa shape index (κ1) is 25.0. The zero-order valence-corrected chi connectivity index (χ0v) is 19.6. The summed E-state index contributed by atoms with van der Waals surface area (Å²) in [6.07, 6.45) is 0.430. The maximum Gasteiger partial charge on any atom is 0.309 e. The van der Waals surface area contributed by atoms with Gasteiger partial charge in [0.05, 0.1) is 16.0 Å². The highest BCUT2D eigenvalue weighted by Crippen LogP contribution is 2.33. The zero-order chi connectivity index (χ0) is 24.0. The first-order valence-electron chi connectivity index (χ1n) is 9.95. The van der Waals surface area contributed by atoms with Crippen molar-refractivity contribution in [2.45, 2.75) is 17.7 Å². The summed E-state index contributed by atoms with van der Waals surface area (Å²) in [5.74, 6) is -2.40. The van der Waals surface area contributed by atoms with Crippen LogP contribution in [0.1, 0.15) is 23.2 Å². The van der Waals surface area contributed by atoms with Gasteiger partial charge in [-0.05, 0) is 37.1 Å². The minimum absolute atomic E-state index is 0.0226. The molecular weight excluding hydrogens is 493 g/mol. The monoisotopic (exact) mass is 513 g/mol. The van der Waals surface area contributed by atoms with Crippen molar-refractivity contribution in [1.82, 2.24) is 15.2 Å². The van der Waals surface area contributed by atoms with E-state index < -0.39 is 40.3 Å². The molecule has 0 atom stereocenters. The molecule has 33 heavy (non-hydrogen) atoms. The van der Waals surface area contributed by atoms with E-state index in [9.17, 15) is 22.8 Å². The molecule has 0 bridgehead atoms. The predicted octanol–water partition coefficient (Wildman–Crippen LogP) is 2.40. The number of amides is 2. The molecular formula is C21H21Cl2N3O6S. The number of carbonyl (C=O) groups excluding carboxylic acids is 3. The predicted molar refractivity (Wildman–Crippen MR) is 121 cm³/mol. The van der Waals surface area contributed by atoms with E-state index in [0.29, 0.717) is 5.56 Å². The van der Waals surface area contributed by atoms with Gasteiger partial charge in [0, 0.05) is 18.7 Å². The van der Waals surface area contributed by atoms with E-state index in [-0.39, 0.29) is 40.9 Å². The standard InChI is InChI=1S/C21H21Cl2N3O6S/c22-16-7-4-8-17(23)19(16)33(30,31)26-11-9-15(10-12-26)21(29)32-13-18(27)24-25-20(28)14-5-2-1-3-6-14/h1-8,15H,9-13H2,(H,24,27)(H,25,28). The number of hydrazine groups is 1. The highest BCUT2D eigenvalue weighted by atomic mass is 35.5. The van der Waals surface area contributed by atoms with Gasteiger partial charge in [-0.3, -0.25) is 25.2 Å². The van der Waals surface area contributed by atoms with Gasteiger partial charge in [0.15, 0.2) is 6.61 Å². The van der Waals surface area contributed by atoms with Gasteiger partial charge in [-0.2, -0.15) is 4.31 Å². The summed E-state index contributed by atoms with van der Waals surface area (Å²) in [5, 5.41) is 0.0452. The van der Waals surface area contributed by atoms with Gasteiger partial charge < -0.3 is 4.74 Å². The van der Waals surface area contributed by atoms with E-state index in [4.69, 9.17) is 27.9 Å². The van der Waals surface area contributed by atoms with E-state index in [1.54, 1.807) is 36.4 Å². The molecule has 0 aromatic heterocycles. The number of hydrogen-bond donors (Lipinski definition) is 2. The van der Waals surface area contributed by atoms with Gasteiger partial charge in [0.25, 0.3) is 11.8 Å². The number of piperidine rings is 1. The second-order valence-electron chi connectivity index (χ2n) is 7.21. The number of ether oxygens (including phenoxy) is 1. The third kappa shape index (κ3) is 6.23. The Balaban J connectivity index is 1.45. The van der Waals surface area contributed by atoms with E-state index in [0.717, 1.165) is 0 Å². The second-order valence-corrected chi connectivity index (χ2v) is 9.89. The minimum atomic E-state index is -3.92. The van der Waals surface area contributed by atoms with Crippen LogP contribution >= 0.6 is 23.2 Å². The molecule has 0 radical (unpaired) electrons. The molecule has 0 aliphatic carbocycles. The maximum atomic E-state index is 12.9. The number of rotatable bonds is 6. The molecule has 0 saturated carbocycles. The van der Waals surface area contributed by atoms with Gasteiger partial charge in [-0.25, -0.2) is 8.42 Å². The summed E-state index contributed by atoms with van der Waals surface area (Å²) < 4.78 is 32.0. The first-order chi connectivity index (χ1) is 15.7. The van der Waals surface area contributed by atoms with Crippen LogP contribution in [0.15, 0.2) is 53.4 Å². The van der Waals surface area contributed by atoms with Crippen LogP contribution in [0.5, 0.6) is 0 Å². The highest BCUT2D eigenvalue weighted by Gasteiger charge is 2.35. The molecule has 2 aromatic rings. The van der Waals surface area contributed by atoms with Crippen LogP contribution in [0.25, 0.3) is 0 Å². The van der Waals surface area contributed by atoms with Crippen LogP contribution in [-0.2, 0) is 24.3 Å². The van der Waals surface area contributed by atoms with Crippen molar-refractivity contribution in [3.8, 4) is 0 Å². The fourth-order valence-electron chi connectivity index (χ4n) is 3.27. The average molecular weight is 514 g/mol. The van der Waals surface area contributed by atoms with Gasteiger partial charge in [-0.15, -0.1) is 0 Å². The molecule has 176 valence electrons. The molecule has 0 unspecified atom stereocenters. The average Bonchev–Trinajstić information content (AvgIpc) is 2.81. The van der Waals surface area contributed by atoms with Crippen LogP contribution in [0.2, 0.25) is 10.0 Å². The normalized spacial score (nSPS) is 15.0. The van der Waals surface area contributed by atoms with Crippen molar-refractivity contribution in [2.24, 2.45) is 5.92 Å². The van der Waals surface area contributed by atoms with Crippen LogP contribution in [0.4, 0.5) is 0 Å². The van der Waals surface area contributed by atoms with E-state index in [1.807, 2.05) is 0 Å². The van der Waals surface area contributed by atoms with Crippen molar-refractivity contribution in [1.29, 1.82) is 0 Å².